The second-order valence-electron chi connectivity index (χ2n) is 7.33. The van der Waals surface area contributed by atoms with Crippen LogP contribution in [0.25, 0.3) is 0 Å². The monoisotopic (exact) mass is 540 g/mol. The molecule has 13 heteroatoms. The molecule has 1 fully saturated rings. The Morgan fingerprint density at radius 3 is 2.40 bits per heavy atom. The minimum Gasteiger partial charge on any atom is -0.481 e. The highest BCUT2D eigenvalue weighted by molar-refractivity contribution is 7.89. The minimum atomic E-state index is -4.14. The predicted molar refractivity (Wildman–Crippen MR) is 130 cm³/mol. The summed E-state index contributed by atoms with van der Waals surface area (Å²) in [5.74, 6) is 4.87. The maximum Gasteiger partial charge on any atom is 0.321 e. The number of hydrogen-bond donors (Lipinski definition) is 3. The first-order valence-electron chi connectivity index (χ1n) is 10.3. The molecular formula is C22H22Cl2N4O6S. The Kier molecular flexibility index (Phi) is 8.82. The fraction of sp³-hybridized carbons (Fsp3) is 0.273. The third-order valence-corrected chi connectivity index (χ3v) is 7.42. The molecule has 0 aliphatic carbocycles. The van der Waals surface area contributed by atoms with Gasteiger partial charge in [-0.3, -0.25) is 10.0 Å². The Balaban J connectivity index is 1.77. The molecule has 2 aromatic carbocycles. The van der Waals surface area contributed by atoms with Crippen LogP contribution in [-0.4, -0.2) is 67.1 Å². The maximum absolute atomic E-state index is 13.3. The zero-order chi connectivity index (χ0) is 25.6. The number of benzene rings is 2. The van der Waals surface area contributed by atoms with Crippen LogP contribution >= 0.6 is 23.2 Å². The number of hydrogen-bond acceptors (Lipinski definition) is 6. The third kappa shape index (κ3) is 6.56. The van der Waals surface area contributed by atoms with Crippen molar-refractivity contribution in [3.05, 3.63) is 52.5 Å². The minimum absolute atomic E-state index is 0.00848. The first-order chi connectivity index (χ1) is 16.6. The molecule has 1 heterocycles. The van der Waals surface area contributed by atoms with Crippen molar-refractivity contribution in [2.75, 3.05) is 31.6 Å². The molecule has 0 saturated carbocycles. The summed E-state index contributed by atoms with van der Waals surface area (Å²) in [6.07, 6.45) is 0. The molecule has 0 spiro atoms. The molecule has 1 atom stereocenters. The molecule has 35 heavy (non-hydrogen) atoms. The molecule has 1 unspecified atom stereocenters. The molecule has 3 N–H and O–H groups in total. The van der Waals surface area contributed by atoms with Crippen molar-refractivity contribution < 1.29 is 28.0 Å². The van der Waals surface area contributed by atoms with E-state index in [-0.39, 0.29) is 31.1 Å². The molecule has 186 valence electrons. The highest BCUT2D eigenvalue weighted by Gasteiger charge is 2.41. The van der Waals surface area contributed by atoms with E-state index in [1.807, 2.05) is 0 Å². The highest BCUT2D eigenvalue weighted by atomic mass is 35.5. The van der Waals surface area contributed by atoms with E-state index in [2.05, 4.69) is 17.2 Å². The number of piperazine rings is 1. The van der Waals surface area contributed by atoms with Gasteiger partial charge < -0.3 is 15.0 Å². The van der Waals surface area contributed by atoms with Crippen molar-refractivity contribution >= 4 is 50.9 Å². The van der Waals surface area contributed by atoms with Crippen molar-refractivity contribution in [3.63, 3.8) is 0 Å². The number of urea groups is 1. The summed E-state index contributed by atoms with van der Waals surface area (Å²) >= 11 is 11.9. The van der Waals surface area contributed by atoms with E-state index in [0.29, 0.717) is 21.5 Å². The molecule has 3 rings (SSSR count). The number of rotatable bonds is 6. The van der Waals surface area contributed by atoms with Gasteiger partial charge in [-0.25, -0.2) is 18.7 Å². The van der Waals surface area contributed by atoms with E-state index in [9.17, 15) is 23.2 Å². The van der Waals surface area contributed by atoms with Crippen molar-refractivity contribution in [1.82, 2.24) is 14.7 Å². The van der Waals surface area contributed by atoms with Gasteiger partial charge in [0.25, 0.3) is 5.91 Å². The average Bonchev–Trinajstić information content (AvgIpc) is 2.83. The fourth-order valence-electron chi connectivity index (χ4n) is 3.39. The van der Waals surface area contributed by atoms with Gasteiger partial charge in [-0.05, 0) is 49.4 Å². The number of hydroxylamine groups is 1. The van der Waals surface area contributed by atoms with Crippen LogP contribution in [0.1, 0.15) is 6.92 Å². The largest absolute Gasteiger partial charge is 0.481 e. The Bertz CT molecular complexity index is 1240. The molecule has 0 bridgehead atoms. The van der Waals surface area contributed by atoms with Crippen molar-refractivity contribution in [3.8, 4) is 17.6 Å². The van der Waals surface area contributed by atoms with E-state index in [0.717, 1.165) is 4.31 Å². The van der Waals surface area contributed by atoms with Gasteiger partial charge in [0.1, 0.15) is 18.4 Å². The van der Waals surface area contributed by atoms with Crippen LogP contribution < -0.4 is 15.5 Å². The summed E-state index contributed by atoms with van der Waals surface area (Å²) in [6, 6.07) is 8.17. The number of amides is 3. The Morgan fingerprint density at radius 2 is 1.80 bits per heavy atom. The molecule has 3 amide bonds. The molecule has 1 aliphatic rings. The smallest absolute Gasteiger partial charge is 0.321 e. The van der Waals surface area contributed by atoms with Crippen LogP contribution in [0.15, 0.2) is 47.4 Å². The summed E-state index contributed by atoms with van der Waals surface area (Å²) in [5, 5.41) is 12.5. The highest BCUT2D eigenvalue weighted by Crippen LogP contribution is 2.26. The van der Waals surface area contributed by atoms with Gasteiger partial charge in [0.2, 0.25) is 10.0 Å². The van der Waals surface area contributed by atoms with Gasteiger partial charge in [-0.15, -0.1) is 5.92 Å². The zero-order valence-electron chi connectivity index (χ0n) is 18.5. The number of nitrogens with one attached hydrogen (secondary N) is 2. The maximum atomic E-state index is 13.3. The summed E-state index contributed by atoms with van der Waals surface area (Å²) in [6.45, 7) is 1.34. The van der Waals surface area contributed by atoms with Gasteiger partial charge in [0.15, 0.2) is 0 Å². The van der Waals surface area contributed by atoms with Crippen molar-refractivity contribution in [2.24, 2.45) is 0 Å². The Hall–Kier alpha value is -3.01. The Morgan fingerprint density at radius 1 is 1.14 bits per heavy atom. The van der Waals surface area contributed by atoms with E-state index in [4.69, 9.17) is 27.9 Å². The molecule has 10 nitrogen and oxygen atoms in total. The van der Waals surface area contributed by atoms with Crippen LogP contribution in [0.4, 0.5) is 10.5 Å². The molecular weight excluding hydrogens is 519 g/mol. The molecule has 1 saturated heterocycles. The number of carbonyl (C=O) groups excluding carboxylic acids is 2. The van der Waals surface area contributed by atoms with Crippen molar-refractivity contribution in [2.45, 2.75) is 17.9 Å². The fourth-order valence-corrected chi connectivity index (χ4v) is 5.49. The first-order valence-corrected chi connectivity index (χ1v) is 12.5. The lowest BCUT2D eigenvalue weighted by atomic mass is 10.2. The van der Waals surface area contributed by atoms with Gasteiger partial charge in [0, 0.05) is 35.4 Å². The van der Waals surface area contributed by atoms with Crippen molar-refractivity contribution in [1.29, 1.82) is 0 Å². The summed E-state index contributed by atoms with van der Waals surface area (Å²) in [4.78, 5) is 26.3. The van der Waals surface area contributed by atoms with E-state index in [1.165, 1.54) is 52.8 Å². The standard InChI is InChI=1S/C22H22Cl2N4O6S/c1-2-3-10-34-18-4-6-19(7-5-18)35(32,33)28-9-8-27(14-20(28)21(29)26-31)22(30)25-17-12-15(23)11-16(24)13-17/h4-7,11-13,20,31H,8-10,14H2,1H3,(H,25,30)(H,26,29). The number of sulfonamides is 1. The van der Waals surface area contributed by atoms with E-state index < -0.39 is 28.0 Å². The molecule has 0 radical (unpaired) electrons. The van der Waals surface area contributed by atoms with Crippen LogP contribution in [0.3, 0.4) is 0 Å². The summed E-state index contributed by atoms with van der Waals surface area (Å²) in [7, 11) is -4.14. The molecule has 2 aromatic rings. The first kappa shape index (κ1) is 26.6. The summed E-state index contributed by atoms with van der Waals surface area (Å²) < 4.78 is 32.9. The second-order valence-corrected chi connectivity index (χ2v) is 10.1. The number of anilines is 1. The lowest BCUT2D eigenvalue weighted by molar-refractivity contribution is -0.134. The van der Waals surface area contributed by atoms with E-state index in [1.54, 1.807) is 6.92 Å². The SMILES string of the molecule is CC#CCOc1ccc(S(=O)(=O)N2CCN(C(=O)Nc3cc(Cl)cc(Cl)c3)CC2C(=O)NO)cc1. The lowest BCUT2D eigenvalue weighted by Crippen LogP contribution is -2.61. The van der Waals surface area contributed by atoms with Crippen LogP contribution in [0.5, 0.6) is 5.75 Å². The van der Waals surface area contributed by atoms with Gasteiger partial charge in [0.05, 0.1) is 4.90 Å². The molecule has 1 aliphatic heterocycles. The zero-order valence-corrected chi connectivity index (χ0v) is 20.8. The number of nitrogens with zero attached hydrogens (tertiary/aromatic N) is 2. The number of halogens is 2. The second kappa shape index (κ2) is 11.6. The predicted octanol–water partition coefficient (Wildman–Crippen LogP) is 2.81. The van der Waals surface area contributed by atoms with Crippen LogP contribution in [-0.2, 0) is 14.8 Å². The third-order valence-electron chi connectivity index (χ3n) is 5.06. The number of ether oxygens (including phenoxy) is 1. The average molecular weight is 541 g/mol. The van der Waals surface area contributed by atoms with Gasteiger partial charge >= 0.3 is 6.03 Å². The Labute approximate surface area is 212 Å². The normalized spacial score (nSPS) is 16.1. The topological polar surface area (TPSA) is 128 Å². The summed E-state index contributed by atoms with van der Waals surface area (Å²) in [5.41, 5.74) is 1.81. The number of carbonyl (C=O) groups is 2. The van der Waals surface area contributed by atoms with Gasteiger partial charge in [-0.1, -0.05) is 29.1 Å². The lowest BCUT2D eigenvalue weighted by Gasteiger charge is -2.39. The van der Waals surface area contributed by atoms with E-state index >= 15 is 0 Å². The van der Waals surface area contributed by atoms with Crippen LogP contribution in [0, 0.1) is 11.8 Å². The van der Waals surface area contributed by atoms with Gasteiger partial charge in [-0.2, -0.15) is 4.31 Å². The van der Waals surface area contributed by atoms with Crippen LogP contribution in [0.2, 0.25) is 10.0 Å². The molecule has 0 aromatic heterocycles. The quantitative estimate of drug-likeness (QED) is 0.293.